The fourth-order valence-corrected chi connectivity index (χ4v) is 4.49. The minimum absolute atomic E-state index is 0.0714. The van der Waals surface area contributed by atoms with Gasteiger partial charge in [-0.3, -0.25) is 4.90 Å². The molecule has 1 aromatic carbocycles. The van der Waals surface area contributed by atoms with E-state index in [1.807, 2.05) is 6.92 Å². The van der Waals surface area contributed by atoms with Crippen LogP contribution in [-0.4, -0.2) is 44.4 Å². The van der Waals surface area contributed by atoms with Gasteiger partial charge in [-0.25, -0.2) is 19.2 Å². The molecule has 0 spiro atoms. The van der Waals surface area contributed by atoms with Gasteiger partial charge in [-0.2, -0.15) is 18.2 Å². The SMILES string of the molecule is C[C@H](Nc1nccc(N2C(=O)OCC2[C@H](C)F)n1)c1ncn2c1CCc1ccc(C(F)(F)F)cc1-2. The summed E-state index contributed by atoms with van der Waals surface area (Å²) in [5.74, 6) is 0.393. The highest BCUT2D eigenvalue weighted by Crippen LogP contribution is 2.35. The molecule has 2 aliphatic rings. The molecule has 12 heteroatoms. The molecule has 1 N–H and O–H groups in total. The van der Waals surface area contributed by atoms with Crippen molar-refractivity contribution in [3.05, 3.63) is 59.3 Å². The number of imidazole rings is 1. The molecule has 1 fully saturated rings. The number of ether oxygens (including phenoxy) is 1. The largest absolute Gasteiger partial charge is 0.447 e. The number of anilines is 2. The van der Waals surface area contributed by atoms with Gasteiger partial charge in [0.05, 0.1) is 29.3 Å². The number of benzene rings is 1. The van der Waals surface area contributed by atoms with Crippen LogP contribution in [0.15, 0.2) is 36.8 Å². The molecule has 4 heterocycles. The first-order valence-electron chi connectivity index (χ1n) is 11.1. The molecule has 1 amide bonds. The third-order valence-corrected chi connectivity index (χ3v) is 6.28. The quantitative estimate of drug-likeness (QED) is 0.525. The van der Waals surface area contributed by atoms with E-state index in [1.54, 1.807) is 4.57 Å². The van der Waals surface area contributed by atoms with Crippen LogP contribution in [0.4, 0.5) is 34.1 Å². The van der Waals surface area contributed by atoms with E-state index in [0.29, 0.717) is 24.2 Å². The fourth-order valence-electron chi connectivity index (χ4n) is 4.49. The van der Waals surface area contributed by atoms with Gasteiger partial charge in [0, 0.05) is 11.9 Å². The van der Waals surface area contributed by atoms with Crippen molar-refractivity contribution in [1.82, 2.24) is 19.5 Å². The topological polar surface area (TPSA) is 85.2 Å². The first-order valence-corrected chi connectivity index (χ1v) is 11.1. The zero-order chi connectivity index (χ0) is 24.9. The number of rotatable bonds is 5. The van der Waals surface area contributed by atoms with Gasteiger partial charge in [0.25, 0.3) is 0 Å². The minimum atomic E-state index is -4.44. The van der Waals surface area contributed by atoms with Crippen molar-refractivity contribution in [2.45, 2.75) is 51.1 Å². The number of carbonyl (C=O) groups excluding carboxylic acids is 1. The van der Waals surface area contributed by atoms with Crippen molar-refractivity contribution in [3.8, 4) is 5.69 Å². The molecule has 3 atom stereocenters. The number of fused-ring (bicyclic) bond motifs is 3. The van der Waals surface area contributed by atoms with Gasteiger partial charge in [-0.1, -0.05) is 6.07 Å². The standard InChI is InChI=1S/C23H22F4N6O2/c1-12(24)18-10-35-22(34)33(18)19-7-8-28-21(31-19)30-13(2)20-16-6-4-14-3-5-15(23(25,26)27)9-17(14)32(16)11-29-20/h3,5,7-9,11-13,18H,4,6,10H2,1-2H3,(H,28,30,31)/t12-,13-,18?/m0/s1. The molecule has 8 nitrogen and oxygen atoms in total. The predicted octanol–water partition coefficient (Wildman–Crippen LogP) is 4.64. The summed E-state index contributed by atoms with van der Waals surface area (Å²) in [5, 5.41) is 3.13. The van der Waals surface area contributed by atoms with Crippen molar-refractivity contribution < 1.29 is 27.1 Å². The van der Waals surface area contributed by atoms with E-state index in [4.69, 9.17) is 4.74 Å². The van der Waals surface area contributed by atoms with Crippen molar-refractivity contribution in [2.24, 2.45) is 0 Å². The third kappa shape index (κ3) is 4.17. The molecule has 5 rings (SSSR count). The average Bonchev–Trinajstić information content (AvgIpc) is 3.42. The lowest BCUT2D eigenvalue weighted by Gasteiger charge is -2.23. The van der Waals surface area contributed by atoms with Crippen LogP contribution in [0.3, 0.4) is 0 Å². The van der Waals surface area contributed by atoms with Crippen molar-refractivity contribution in [3.63, 3.8) is 0 Å². The highest BCUT2D eigenvalue weighted by atomic mass is 19.4. The predicted molar refractivity (Wildman–Crippen MR) is 118 cm³/mol. The summed E-state index contributed by atoms with van der Waals surface area (Å²) in [6.45, 7) is 3.11. The van der Waals surface area contributed by atoms with Gasteiger partial charge in [0.2, 0.25) is 5.95 Å². The average molecular weight is 490 g/mol. The van der Waals surface area contributed by atoms with E-state index in [9.17, 15) is 22.4 Å². The number of amides is 1. The monoisotopic (exact) mass is 490 g/mol. The zero-order valence-corrected chi connectivity index (χ0v) is 18.9. The van der Waals surface area contributed by atoms with Crippen LogP contribution in [0.1, 0.15) is 42.4 Å². The second kappa shape index (κ2) is 8.51. The van der Waals surface area contributed by atoms with E-state index >= 15 is 0 Å². The van der Waals surface area contributed by atoms with Crippen LogP contribution in [0.2, 0.25) is 0 Å². The lowest BCUT2D eigenvalue weighted by Crippen LogP contribution is -2.39. The van der Waals surface area contributed by atoms with Gasteiger partial charge in [-0.15, -0.1) is 0 Å². The van der Waals surface area contributed by atoms with E-state index in [-0.39, 0.29) is 18.4 Å². The first-order chi connectivity index (χ1) is 16.6. The number of nitrogens with one attached hydrogen (secondary N) is 1. The van der Waals surface area contributed by atoms with Gasteiger partial charge >= 0.3 is 12.3 Å². The zero-order valence-electron chi connectivity index (χ0n) is 18.9. The number of halogens is 4. The van der Waals surface area contributed by atoms with Crippen LogP contribution >= 0.6 is 0 Å². The Kier molecular flexibility index (Phi) is 5.60. The summed E-state index contributed by atoms with van der Waals surface area (Å²) >= 11 is 0. The number of cyclic esters (lactones) is 1. The second-order valence-corrected chi connectivity index (χ2v) is 8.58. The molecule has 2 aliphatic heterocycles. The summed E-state index contributed by atoms with van der Waals surface area (Å²) in [7, 11) is 0. The molecular weight excluding hydrogens is 468 g/mol. The normalized spacial score (nSPS) is 19.1. The Labute approximate surface area is 198 Å². The van der Waals surface area contributed by atoms with E-state index in [0.717, 1.165) is 28.3 Å². The Hall–Kier alpha value is -3.70. The van der Waals surface area contributed by atoms with Crippen LogP contribution in [0.5, 0.6) is 0 Å². The molecule has 35 heavy (non-hydrogen) atoms. The summed E-state index contributed by atoms with van der Waals surface area (Å²) in [4.78, 5) is 26.3. The molecule has 2 aromatic heterocycles. The second-order valence-electron chi connectivity index (χ2n) is 8.58. The van der Waals surface area contributed by atoms with Crippen molar-refractivity contribution >= 4 is 17.9 Å². The summed E-state index contributed by atoms with van der Waals surface area (Å²) in [5.41, 5.74) is 2.02. The lowest BCUT2D eigenvalue weighted by atomic mass is 9.97. The summed E-state index contributed by atoms with van der Waals surface area (Å²) in [6.07, 6.45) is -2.27. The Morgan fingerprint density at radius 1 is 1.17 bits per heavy atom. The lowest BCUT2D eigenvalue weighted by molar-refractivity contribution is -0.137. The molecule has 3 aromatic rings. The van der Waals surface area contributed by atoms with Gasteiger partial charge < -0.3 is 14.6 Å². The van der Waals surface area contributed by atoms with Gasteiger partial charge in [-0.05, 0) is 50.5 Å². The molecule has 0 radical (unpaired) electrons. The highest BCUT2D eigenvalue weighted by molar-refractivity contribution is 5.89. The van der Waals surface area contributed by atoms with Gasteiger partial charge in [0.1, 0.15) is 24.6 Å². The number of aromatic nitrogens is 4. The molecule has 0 bridgehead atoms. The number of carbonyl (C=O) groups is 1. The number of nitrogens with zero attached hydrogens (tertiary/aromatic N) is 5. The van der Waals surface area contributed by atoms with Gasteiger partial charge in [0.15, 0.2) is 0 Å². The minimum Gasteiger partial charge on any atom is -0.447 e. The van der Waals surface area contributed by atoms with Crippen molar-refractivity contribution in [1.29, 1.82) is 0 Å². The smallest absolute Gasteiger partial charge is 0.416 e. The van der Waals surface area contributed by atoms with Crippen LogP contribution < -0.4 is 10.2 Å². The Morgan fingerprint density at radius 2 is 1.97 bits per heavy atom. The highest BCUT2D eigenvalue weighted by Gasteiger charge is 2.39. The first kappa shape index (κ1) is 23.1. The molecule has 0 aliphatic carbocycles. The molecule has 184 valence electrons. The Morgan fingerprint density at radius 3 is 2.71 bits per heavy atom. The maximum absolute atomic E-state index is 14.0. The number of alkyl halides is 4. The number of hydrogen-bond donors (Lipinski definition) is 1. The van der Waals surface area contributed by atoms with Crippen LogP contribution in [0, 0.1) is 0 Å². The van der Waals surface area contributed by atoms with Crippen LogP contribution in [0.25, 0.3) is 5.69 Å². The fraction of sp³-hybridized carbons (Fsp3) is 0.391. The maximum atomic E-state index is 14.0. The summed E-state index contributed by atoms with van der Waals surface area (Å²) < 4.78 is 60.4. The Balaban J connectivity index is 1.40. The third-order valence-electron chi connectivity index (χ3n) is 6.28. The summed E-state index contributed by atoms with van der Waals surface area (Å²) in [6, 6.07) is 4.06. The molecule has 0 saturated carbocycles. The van der Waals surface area contributed by atoms with E-state index < -0.39 is 36.1 Å². The van der Waals surface area contributed by atoms with E-state index in [1.165, 1.54) is 31.6 Å². The van der Waals surface area contributed by atoms with Crippen molar-refractivity contribution in [2.75, 3.05) is 16.8 Å². The Bertz CT molecular complexity index is 1280. The number of aryl methyl sites for hydroxylation is 1. The number of hydrogen-bond acceptors (Lipinski definition) is 6. The molecule has 1 saturated heterocycles. The molecule has 1 unspecified atom stereocenters. The van der Waals surface area contributed by atoms with E-state index in [2.05, 4.69) is 20.3 Å². The molecular formula is C23H22F4N6O2. The maximum Gasteiger partial charge on any atom is 0.416 e. The van der Waals surface area contributed by atoms with Crippen LogP contribution in [-0.2, 0) is 23.8 Å².